The fourth-order valence-corrected chi connectivity index (χ4v) is 4.64. The molecule has 0 unspecified atom stereocenters. The molecule has 38 heavy (non-hydrogen) atoms. The van der Waals surface area contributed by atoms with Gasteiger partial charge in [-0.3, -0.25) is 0 Å². The summed E-state index contributed by atoms with van der Waals surface area (Å²) in [6.45, 7) is 2.70. The SMILES string of the molecule is CCCCc1nc(Cl)c(COCc2ccccc2C(=O)O)n1Cc1ccc(-c2ccccc2)c(C(=O)O)c1. The van der Waals surface area contributed by atoms with E-state index in [1.807, 2.05) is 47.0 Å². The molecule has 196 valence electrons. The van der Waals surface area contributed by atoms with Crippen LogP contribution in [0.2, 0.25) is 5.15 Å². The zero-order valence-electron chi connectivity index (χ0n) is 21.1. The summed E-state index contributed by atoms with van der Waals surface area (Å²) in [6.07, 6.45) is 2.62. The highest BCUT2D eigenvalue weighted by Crippen LogP contribution is 2.27. The van der Waals surface area contributed by atoms with E-state index in [0.29, 0.717) is 34.9 Å². The lowest BCUT2D eigenvalue weighted by molar-refractivity contribution is 0.0677. The molecule has 1 heterocycles. The first-order valence-corrected chi connectivity index (χ1v) is 12.8. The molecule has 0 saturated heterocycles. The average Bonchev–Trinajstić information content (AvgIpc) is 3.21. The zero-order valence-corrected chi connectivity index (χ0v) is 21.8. The summed E-state index contributed by atoms with van der Waals surface area (Å²) in [6, 6.07) is 21.6. The number of aromatic nitrogens is 2. The number of aryl methyl sites for hydroxylation is 1. The Morgan fingerprint density at radius 3 is 2.34 bits per heavy atom. The van der Waals surface area contributed by atoms with Gasteiger partial charge in [0.2, 0.25) is 0 Å². The summed E-state index contributed by atoms with van der Waals surface area (Å²) in [7, 11) is 0. The summed E-state index contributed by atoms with van der Waals surface area (Å²) in [5.74, 6) is -1.21. The van der Waals surface area contributed by atoms with Gasteiger partial charge in [0.25, 0.3) is 0 Å². The Bertz CT molecular complexity index is 1430. The Kier molecular flexibility index (Phi) is 8.94. The van der Waals surface area contributed by atoms with E-state index in [9.17, 15) is 19.8 Å². The molecule has 4 rings (SSSR count). The highest BCUT2D eigenvalue weighted by atomic mass is 35.5. The normalized spacial score (nSPS) is 11.0. The van der Waals surface area contributed by atoms with Crippen molar-refractivity contribution in [2.24, 2.45) is 0 Å². The summed E-state index contributed by atoms with van der Waals surface area (Å²) in [4.78, 5) is 28.2. The van der Waals surface area contributed by atoms with E-state index in [1.54, 1.807) is 30.3 Å². The number of ether oxygens (including phenoxy) is 1. The second-order valence-electron chi connectivity index (χ2n) is 8.96. The number of nitrogens with zero attached hydrogens (tertiary/aromatic N) is 2. The molecule has 0 aliphatic rings. The topological polar surface area (TPSA) is 102 Å². The molecule has 3 aromatic carbocycles. The van der Waals surface area contributed by atoms with Gasteiger partial charge in [-0.05, 0) is 40.8 Å². The number of benzene rings is 3. The van der Waals surface area contributed by atoms with E-state index in [1.165, 1.54) is 0 Å². The average molecular weight is 533 g/mol. The molecule has 0 aliphatic carbocycles. The fourth-order valence-electron chi connectivity index (χ4n) is 4.39. The molecule has 0 fully saturated rings. The van der Waals surface area contributed by atoms with E-state index < -0.39 is 11.9 Å². The highest BCUT2D eigenvalue weighted by Gasteiger charge is 2.19. The van der Waals surface area contributed by atoms with Gasteiger partial charge in [0.15, 0.2) is 5.15 Å². The summed E-state index contributed by atoms with van der Waals surface area (Å²) < 4.78 is 7.89. The first-order chi connectivity index (χ1) is 18.4. The first kappa shape index (κ1) is 27.1. The lowest BCUT2D eigenvalue weighted by atomic mass is 9.97. The van der Waals surface area contributed by atoms with Gasteiger partial charge in [0.05, 0.1) is 30.0 Å². The molecule has 1 aromatic heterocycles. The Labute approximate surface area is 226 Å². The van der Waals surface area contributed by atoms with Gasteiger partial charge in [0, 0.05) is 13.0 Å². The van der Waals surface area contributed by atoms with Crippen molar-refractivity contribution in [3.05, 3.63) is 112 Å². The Hall–Kier alpha value is -3.94. The van der Waals surface area contributed by atoms with Gasteiger partial charge in [-0.15, -0.1) is 0 Å². The fraction of sp³-hybridized carbons (Fsp3) is 0.233. The van der Waals surface area contributed by atoms with Gasteiger partial charge in [-0.25, -0.2) is 14.6 Å². The minimum Gasteiger partial charge on any atom is -0.478 e. The largest absolute Gasteiger partial charge is 0.478 e. The van der Waals surface area contributed by atoms with Crippen LogP contribution in [0.15, 0.2) is 72.8 Å². The third kappa shape index (κ3) is 6.30. The maximum Gasteiger partial charge on any atom is 0.336 e. The number of hydrogen-bond donors (Lipinski definition) is 2. The Morgan fingerprint density at radius 2 is 1.63 bits per heavy atom. The van der Waals surface area contributed by atoms with Crippen molar-refractivity contribution in [3.8, 4) is 11.1 Å². The van der Waals surface area contributed by atoms with Crippen LogP contribution in [0.25, 0.3) is 11.1 Å². The molecule has 0 radical (unpaired) electrons. The van der Waals surface area contributed by atoms with E-state index >= 15 is 0 Å². The van der Waals surface area contributed by atoms with Crippen LogP contribution >= 0.6 is 11.6 Å². The number of rotatable bonds is 12. The maximum absolute atomic E-state index is 12.1. The number of carbonyl (C=O) groups is 2. The molecule has 0 amide bonds. The number of halogens is 1. The van der Waals surface area contributed by atoms with Crippen LogP contribution < -0.4 is 0 Å². The quantitative estimate of drug-likeness (QED) is 0.210. The standard InChI is InChI=1S/C30H29ClN2O5/c1-2-3-13-27-32-28(31)26(19-38-18-22-11-7-8-12-24(22)29(34)35)33(27)17-20-14-15-23(25(16-20)30(36)37)21-9-5-4-6-10-21/h4-12,14-16H,2-3,13,17-19H2,1H3,(H,34,35)(H,36,37). The van der Waals surface area contributed by atoms with E-state index in [0.717, 1.165) is 29.8 Å². The highest BCUT2D eigenvalue weighted by molar-refractivity contribution is 6.30. The molecular weight excluding hydrogens is 504 g/mol. The summed E-state index contributed by atoms with van der Waals surface area (Å²) in [5.41, 5.74) is 3.92. The molecule has 0 spiro atoms. The van der Waals surface area contributed by atoms with Crippen molar-refractivity contribution in [2.45, 2.75) is 45.9 Å². The maximum atomic E-state index is 12.1. The predicted molar refractivity (Wildman–Crippen MR) is 146 cm³/mol. The molecule has 0 bridgehead atoms. The van der Waals surface area contributed by atoms with Crippen molar-refractivity contribution < 1.29 is 24.5 Å². The van der Waals surface area contributed by atoms with Crippen LogP contribution in [-0.4, -0.2) is 31.7 Å². The third-order valence-electron chi connectivity index (χ3n) is 6.34. The molecule has 4 aromatic rings. The first-order valence-electron chi connectivity index (χ1n) is 12.4. The van der Waals surface area contributed by atoms with E-state index in [4.69, 9.17) is 16.3 Å². The predicted octanol–water partition coefficient (Wildman–Crippen LogP) is 6.71. The van der Waals surface area contributed by atoms with Crippen LogP contribution in [0.5, 0.6) is 0 Å². The van der Waals surface area contributed by atoms with Crippen molar-refractivity contribution in [2.75, 3.05) is 0 Å². The number of carboxylic acid groups (broad SMARTS) is 2. The smallest absolute Gasteiger partial charge is 0.336 e. The molecule has 7 nitrogen and oxygen atoms in total. The molecule has 0 atom stereocenters. The van der Waals surface area contributed by atoms with E-state index in [-0.39, 0.29) is 24.3 Å². The monoisotopic (exact) mass is 532 g/mol. The lowest BCUT2D eigenvalue weighted by Crippen LogP contribution is -2.12. The minimum atomic E-state index is -1.01. The van der Waals surface area contributed by atoms with Crippen molar-refractivity contribution in [1.82, 2.24) is 9.55 Å². The van der Waals surface area contributed by atoms with Crippen LogP contribution in [0.4, 0.5) is 0 Å². The number of hydrogen-bond acceptors (Lipinski definition) is 4. The molecular formula is C30H29ClN2O5. The number of unbranched alkanes of at least 4 members (excludes halogenated alkanes) is 1. The number of imidazole rings is 1. The molecule has 8 heteroatoms. The van der Waals surface area contributed by atoms with Gasteiger partial charge in [-0.1, -0.05) is 85.6 Å². The van der Waals surface area contributed by atoms with Gasteiger partial charge in [-0.2, -0.15) is 0 Å². The summed E-state index contributed by atoms with van der Waals surface area (Å²) in [5, 5.41) is 19.7. The van der Waals surface area contributed by atoms with Crippen molar-refractivity contribution in [1.29, 1.82) is 0 Å². The molecule has 2 N–H and O–H groups in total. The zero-order chi connectivity index (χ0) is 27.1. The van der Waals surface area contributed by atoms with Crippen LogP contribution in [0.3, 0.4) is 0 Å². The minimum absolute atomic E-state index is 0.100. The summed E-state index contributed by atoms with van der Waals surface area (Å²) >= 11 is 6.55. The van der Waals surface area contributed by atoms with Gasteiger partial charge in [0.1, 0.15) is 5.82 Å². The van der Waals surface area contributed by atoms with Gasteiger partial charge < -0.3 is 19.5 Å². The second kappa shape index (κ2) is 12.5. The lowest BCUT2D eigenvalue weighted by Gasteiger charge is -2.15. The van der Waals surface area contributed by atoms with E-state index in [2.05, 4.69) is 11.9 Å². The number of carboxylic acids is 2. The number of aromatic carboxylic acids is 2. The van der Waals surface area contributed by atoms with Crippen molar-refractivity contribution in [3.63, 3.8) is 0 Å². The van der Waals surface area contributed by atoms with Crippen LogP contribution in [0.1, 0.15) is 63.1 Å². The molecule has 0 saturated carbocycles. The van der Waals surface area contributed by atoms with Crippen LogP contribution in [-0.2, 0) is 30.9 Å². The Morgan fingerprint density at radius 1 is 0.921 bits per heavy atom. The van der Waals surface area contributed by atoms with Gasteiger partial charge >= 0.3 is 11.9 Å². The van der Waals surface area contributed by atoms with Crippen molar-refractivity contribution >= 4 is 23.5 Å². The van der Waals surface area contributed by atoms with Crippen LogP contribution in [0, 0.1) is 0 Å². The second-order valence-corrected chi connectivity index (χ2v) is 9.32. The third-order valence-corrected chi connectivity index (χ3v) is 6.64. The molecule has 0 aliphatic heterocycles. The Balaban J connectivity index is 1.62.